The predicted octanol–water partition coefficient (Wildman–Crippen LogP) is 2.76. The number of pyridine rings is 1. The van der Waals surface area contributed by atoms with Crippen molar-refractivity contribution < 1.29 is 9.90 Å². The van der Waals surface area contributed by atoms with Crippen molar-refractivity contribution in [2.45, 2.75) is 6.42 Å². The summed E-state index contributed by atoms with van der Waals surface area (Å²) in [4.78, 5) is 35.0. The number of nitrogens with zero attached hydrogens (tertiary/aromatic N) is 2. The second-order valence-electron chi connectivity index (χ2n) is 5.72. The van der Waals surface area contributed by atoms with Gasteiger partial charge in [0, 0.05) is 18.0 Å². The summed E-state index contributed by atoms with van der Waals surface area (Å²) in [6, 6.07) is 14.0. The van der Waals surface area contributed by atoms with E-state index in [1.54, 1.807) is 6.20 Å². The van der Waals surface area contributed by atoms with Crippen LogP contribution in [0.4, 0.5) is 0 Å². The second-order valence-corrected chi connectivity index (χ2v) is 5.72. The van der Waals surface area contributed by atoms with Crippen molar-refractivity contribution in [3.63, 3.8) is 0 Å². The van der Waals surface area contributed by atoms with E-state index in [0.29, 0.717) is 23.1 Å². The van der Waals surface area contributed by atoms with Crippen molar-refractivity contribution in [1.29, 1.82) is 0 Å². The average Bonchev–Trinajstić information content (AvgIpc) is 2.61. The Labute approximate surface area is 141 Å². The van der Waals surface area contributed by atoms with Gasteiger partial charge in [0.05, 0.1) is 22.0 Å². The Balaban J connectivity index is 1.83. The number of carbonyl (C=O) groups is 1. The molecule has 0 saturated heterocycles. The molecule has 2 N–H and O–H groups in total. The average molecular weight is 331 g/mol. The van der Waals surface area contributed by atoms with Crippen molar-refractivity contribution in [2.24, 2.45) is 0 Å². The van der Waals surface area contributed by atoms with Gasteiger partial charge in [-0.15, -0.1) is 0 Å². The van der Waals surface area contributed by atoms with Crippen LogP contribution in [0.25, 0.3) is 21.8 Å². The first kappa shape index (κ1) is 15.0. The lowest BCUT2D eigenvalue weighted by Crippen LogP contribution is -2.13. The van der Waals surface area contributed by atoms with Crippen molar-refractivity contribution in [1.82, 2.24) is 15.0 Å². The fourth-order valence-electron chi connectivity index (χ4n) is 2.90. The molecule has 4 rings (SSSR count). The number of carboxylic acid groups (broad SMARTS) is 1. The van der Waals surface area contributed by atoms with Gasteiger partial charge in [0.1, 0.15) is 5.82 Å². The molecule has 0 bridgehead atoms. The molecular weight excluding hydrogens is 318 g/mol. The van der Waals surface area contributed by atoms with Crippen LogP contribution in [0.5, 0.6) is 0 Å². The quantitative estimate of drug-likeness (QED) is 0.602. The van der Waals surface area contributed by atoms with E-state index in [-0.39, 0.29) is 11.1 Å². The molecule has 2 aromatic heterocycles. The fraction of sp³-hybridized carbons (Fsp3) is 0.0526. The minimum Gasteiger partial charge on any atom is -0.478 e. The third-order valence-corrected chi connectivity index (χ3v) is 4.08. The van der Waals surface area contributed by atoms with Gasteiger partial charge >= 0.3 is 5.97 Å². The first-order valence-corrected chi connectivity index (χ1v) is 7.71. The van der Waals surface area contributed by atoms with Gasteiger partial charge in [-0.1, -0.05) is 24.3 Å². The number of H-pyrrole nitrogens is 1. The summed E-state index contributed by atoms with van der Waals surface area (Å²) in [5, 5.41) is 10.5. The highest BCUT2D eigenvalue weighted by molar-refractivity contribution is 5.92. The molecule has 2 aromatic carbocycles. The number of aromatic carboxylic acids is 1. The molecule has 6 nitrogen and oxygen atoms in total. The molecular formula is C19H13N3O3. The molecule has 2 heterocycles. The molecule has 0 saturated carbocycles. The Morgan fingerprint density at radius 2 is 1.96 bits per heavy atom. The van der Waals surface area contributed by atoms with Gasteiger partial charge in [0.25, 0.3) is 5.56 Å². The third kappa shape index (κ3) is 2.74. The summed E-state index contributed by atoms with van der Waals surface area (Å²) in [5.41, 5.74) is 1.97. The Morgan fingerprint density at radius 3 is 2.80 bits per heavy atom. The predicted molar refractivity (Wildman–Crippen MR) is 93.9 cm³/mol. The van der Waals surface area contributed by atoms with Gasteiger partial charge in [0.2, 0.25) is 0 Å². The molecule has 25 heavy (non-hydrogen) atoms. The normalized spacial score (nSPS) is 11.0. The Morgan fingerprint density at radius 1 is 1.12 bits per heavy atom. The largest absolute Gasteiger partial charge is 0.478 e. The third-order valence-electron chi connectivity index (χ3n) is 4.08. The first-order valence-electron chi connectivity index (χ1n) is 7.71. The molecule has 0 atom stereocenters. The highest BCUT2D eigenvalue weighted by atomic mass is 16.4. The Bertz CT molecular complexity index is 1180. The van der Waals surface area contributed by atoms with Crippen LogP contribution in [0.1, 0.15) is 21.7 Å². The summed E-state index contributed by atoms with van der Waals surface area (Å²) in [6.45, 7) is 0. The maximum atomic E-state index is 12.3. The summed E-state index contributed by atoms with van der Waals surface area (Å²) in [6.07, 6.45) is 2.12. The van der Waals surface area contributed by atoms with Crippen molar-refractivity contribution in [3.05, 3.63) is 82.0 Å². The molecule has 0 unspecified atom stereocenters. The minimum atomic E-state index is -1.05. The van der Waals surface area contributed by atoms with Crippen molar-refractivity contribution in [2.75, 3.05) is 0 Å². The standard InChI is InChI=1S/C19H13N3O3/c23-18-14-7-6-13(19(24)25)9-15(14)21-16(22-18)10-12-4-1-3-11-5-2-8-20-17(11)12/h1-9H,10H2,(H,24,25)(H,21,22,23). The van der Waals surface area contributed by atoms with Gasteiger partial charge < -0.3 is 10.1 Å². The van der Waals surface area contributed by atoms with Crippen LogP contribution in [0.3, 0.4) is 0 Å². The molecule has 0 amide bonds. The van der Waals surface area contributed by atoms with E-state index >= 15 is 0 Å². The number of rotatable bonds is 3. The number of hydrogen-bond acceptors (Lipinski definition) is 4. The molecule has 0 fully saturated rings. The number of hydrogen-bond donors (Lipinski definition) is 2. The van der Waals surface area contributed by atoms with Crippen LogP contribution >= 0.6 is 0 Å². The lowest BCUT2D eigenvalue weighted by atomic mass is 10.1. The molecule has 0 aliphatic rings. The van der Waals surface area contributed by atoms with Crippen LogP contribution in [0, 0.1) is 0 Å². The van der Waals surface area contributed by atoms with E-state index in [4.69, 9.17) is 5.11 Å². The molecule has 0 aliphatic heterocycles. The summed E-state index contributed by atoms with van der Waals surface area (Å²) in [7, 11) is 0. The molecule has 6 heteroatoms. The molecule has 0 spiro atoms. The number of fused-ring (bicyclic) bond motifs is 2. The lowest BCUT2D eigenvalue weighted by molar-refractivity contribution is 0.0697. The van der Waals surface area contributed by atoms with Gasteiger partial charge in [-0.2, -0.15) is 0 Å². The lowest BCUT2D eigenvalue weighted by Gasteiger charge is -2.07. The summed E-state index contributed by atoms with van der Waals surface area (Å²) < 4.78 is 0. The van der Waals surface area contributed by atoms with Crippen LogP contribution in [0.15, 0.2) is 59.5 Å². The van der Waals surface area contributed by atoms with Gasteiger partial charge in [-0.25, -0.2) is 9.78 Å². The van der Waals surface area contributed by atoms with Crippen LogP contribution < -0.4 is 5.56 Å². The van der Waals surface area contributed by atoms with Crippen LogP contribution in [-0.4, -0.2) is 26.0 Å². The van der Waals surface area contributed by atoms with Gasteiger partial charge in [-0.05, 0) is 29.8 Å². The highest BCUT2D eigenvalue weighted by Gasteiger charge is 2.10. The van der Waals surface area contributed by atoms with E-state index in [2.05, 4.69) is 15.0 Å². The Hall–Kier alpha value is -3.54. The smallest absolute Gasteiger partial charge is 0.335 e. The van der Waals surface area contributed by atoms with Crippen LogP contribution in [0.2, 0.25) is 0 Å². The topological polar surface area (TPSA) is 95.9 Å². The van der Waals surface area contributed by atoms with E-state index < -0.39 is 5.97 Å². The zero-order valence-electron chi connectivity index (χ0n) is 13.1. The van der Waals surface area contributed by atoms with E-state index in [1.165, 1.54) is 18.2 Å². The van der Waals surface area contributed by atoms with E-state index in [1.807, 2.05) is 30.3 Å². The zero-order valence-corrected chi connectivity index (χ0v) is 13.1. The SMILES string of the molecule is O=C(O)c1ccc2c(=O)[nH]c(Cc3cccc4cccnc34)nc2c1. The molecule has 4 aromatic rings. The first-order chi connectivity index (χ1) is 12.1. The van der Waals surface area contributed by atoms with Gasteiger partial charge in [0.15, 0.2) is 0 Å². The monoisotopic (exact) mass is 331 g/mol. The number of aromatic amines is 1. The van der Waals surface area contributed by atoms with Gasteiger partial charge in [-0.3, -0.25) is 9.78 Å². The van der Waals surface area contributed by atoms with Crippen molar-refractivity contribution >= 4 is 27.8 Å². The Kier molecular flexibility index (Phi) is 3.50. The van der Waals surface area contributed by atoms with E-state index in [9.17, 15) is 9.59 Å². The number of benzene rings is 2. The minimum absolute atomic E-state index is 0.100. The van der Waals surface area contributed by atoms with Crippen molar-refractivity contribution in [3.8, 4) is 0 Å². The number of para-hydroxylation sites is 1. The number of aromatic nitrogens is 3. The highest BCUT2D eigenvalue weighted by Crippen LogP contribution is 2.18. The number of carboxylic acids is 1. The zero-order chi connectivity index (χ0) is 17.4. The maximum Gasteiger partial charge on any atom is 0.335 e. The number of nitrogens with one attached hydrogen (secondary N) is 1. The fourth-order valence-corrected chi connectivity index (χ4v) is 2.90. The second kappa shape index (κ2) is 5.83. The maximum absolute atomic E-state index is 12.3. The molecule has 122 valence electrons. The summed E-state index contributed by atoms with van der Waals surface area (Å²) in [5.74, 6) is -0.582. The molecule has 0 radical (unpaired) electrons. The van der Waals surface area contributed by atoms with E-state index in [0.717, 1.165) is 16.5 Å². The molecule has 0 aliphatic carbocycles. The summed E-state index contributed by atoms with van der Waals surface area (Å²) >= 11 is 0. The van der Waals surface area contributed by atoms with Crippen LogP contribution in [-0.2, 0) is 6.42 Å².